The molecule has 0 aliphatic rings. The van der Waals surface area contributed by atoms with Gasteiger partial charge >= 0.3 is 24.3 Å². The van der Waals surface area contributed by atoms with Crippen molar-refractivity contribution in [1.29, 1.82) is 0 Å². The maximum Gasteiger partial charge on any atom is 0.416 e. The van der Waals surface area contributed by atoms with Crippen LogP contribution in [0.1, 0.15) is 31.8 Å². The fourth-order valence-electron chi connectivity index (χ4n) is 5.93. The summed E-state index contributed by atoms with van der Waals surface area (Å²) in [6.45, 7) is 0. The molecule has 336 valence electrons. The number of hydrogen-bond acceptors (Lipinski definition) is 4. The van der Waals surface area contributed by atoms with E-state index in [0.29, 0.717) is 36.4 Å². The number of aromatic carboxylic acids is 2. The maximum atomic E-state index is 12.1. The zero-order chi connectivity index (χ0) is 47.7. The standard InChI is InChI=1S/2C18H15S.2C8H5F3O3/c2*1-4-10-16(11-5-1)19(17-12-6-2-7-13-17)18-14-8-3-9-15-18;9-8(10,11)4-1-2-6(12)5(3-4)7(13)14;9-8(10,11)4-1-2-5(7(13)14)6(12)3-4/h2*1-15H;2*1-3,12H,(H,13,14)/q2*+1;;. The summed E-state index contributed by atoms with van der Waals surface area (Å²) in [5, 5.41) is 34.7. The highest BCUT2D eigenvalue weighted by molar-refractivity contribution is 7.97. The lowest BCUT2D eigenvalue weighted by Gasteiger charge is -2.07. The number of alkyl halides is 6. The third kappa shape index (κ3) is 14.3. The predicted molar refractivity (Wildman–Crippen MR) is 243 cm³/mol. The summed E-state index contributed by atoms with van der Waals surface area (Å²) < 4.78 is 72.4. The zero-order valence-electron chi connectivity index (χ0n) is 34.5. The quantitative estimate of drug-likeness (QED) is 0.0891. The Labute approximate surface area is 382 Å². The highest BCUT2D eigenvalue weighted by Crippen LogP contribution is 2.35. The fraction of sp³-hybridized carbons (Fsp3) is 0.0385. The molecule has 14 heteroatoms. The Morgan fingerprint density at radius 2 is 0.591 bits per heavy atom. The molecular weight excluding hydrogens is 899 g/mol. The molecule has 0 radical (unpaired) electrons. The predicted octanol–water partition coefficient (Wildman–Crippen LogP) is 13.8. The number of rotatable bonds is 8. The molecule has 0 unspecified atom stereocenters. The van der Waals surface area contributed by atoms with E-state index in [0.717, 1.165) is 0 Å². The molecule has 0 bridgehead atoms. The van der Waals surface area contributed by atoms with Crippen molar-refractivity contribution in [3.05, 3.63) is 241 Å². The topological polar surface area (TPSA) is 115 Å². The molecule has 0 aliphatic heterocycles. The van der Waals surface area contributed by atoms with Crippen molar-refractivity contribution in [2.45, 2.75) is 41.7 Å². The third-order valence-electron chi connectivity index (χ3n) is 8.98. The minimum atomic E-state index is -4.61. The van der Waals surface area contributed by atoms with Gasteiger partial charge in [-0.2, -0.15) is 26.3 Å². The Kier molecular flexibility index (Phi) is 17.7. The van der Waals surface area contributed by atoms with E-state index in [1.54, 1.807) is 0 Å². The Bertz CT molecular complexity index is 2440. The molecule has 0 spiro atoms. The van der Waals surface area contributed by atoms with Crippen molar-refractivity contribution < 1.29 is 56.4 Å². The van der Waals surface area contributed by atoms with Crippen LogP contribution in [0.5, 0.6) is 11.5 Å². The van der Waals surface area contributed by atoms with E-state index in [9.17, 15) is 35.9 Å². The van der Waals surface area contributed by atoms with Gasteiger partial charge in [0.2, 0.25) is 0 Å². The number of hydrogen-bond donors (Lipinski definition) is 4. The molecule has 0 saturated heterocycles. The van der Waals surface area contributed by atoms with Crippen LogP contribution < -0.4 is 0 Å². The van der Waals surface area contributed by atoms with E-state index in [2.05, 4.69) is 182 Å². The van der Waals surface area contributed by atoms with Crippen LogP contribution in [-0.4, -0.2) is 32.4 Å². The van der Waals surface area contributed by atoms with Crippen LogP contribution in [0.15, 0.2) is 248 Å². The first-order chi connectivity index (χ1) is 31.5. The summed E-state index contributed by atoms with van der Waals surface area (Å²) in [5.41, 5.74) is -3.51. The van der Waals surface area contributed by atoms with E-state index in [1.807, 2.05) is 0 Å². The number of phenols is 2. The van der Waals surface area contributed by atoms with Gasteiger partial charge in [-0.1, -0.05) is 109 Å². The SMILES string of the molecule is O=C(O)c1cc(C(F)(F)F)ccc1O.O=C(O)c1ccc(C(F)(F)F)cc1O.c1ccc([S+](c2ccccc2)c2ccccc2)cc1.c1ccc([S+](c2ccccc2)c2ccccc2)cc1. The largest absolute Gasteiger partial charge is 0.507 e. The minimum absolute atomic E-state index is 0.0146. The molecule has 0 saturated carbocycles. The van der Waals surface area contributed by atoms with E-state index in [-0.39, 0.29) is 21.8 Å². The molecule has 66 heavy (non-hydrogen) atoms. The van der Waals surface area contributed by atoms with Gasteiger partial charge in [-0.15, -0.1) is 0 Å². The van der Waals surface area contributed by atoms with Crippen LogP contribution in [0.2, 0.25) is 0 Å². The van der Waals surface area contributed by atoms with E-state index in [4.69, 9.17) is 20.4 Å². The first-order valence-electron chi connectivity index (χ1n) is 19.6. The van der Waals surface area contributed by atoms with Crippen LogP contribution in [0, 0.1) is 0 Å². The zero-order valence-corrected chi connectivity index (χ0v) is 36.1. The average Bonchev–Trinajstić information content (AvgIpc) is 3.31. The van der Waals surface area contributed by atoms with E-state index >= 15 is 0 Å². The van der Waals surface area contributed by atoms with Gasteiger partial charge in [0, 0.05) is 0 Å². The maximum absolute atomic E-state index is 12.1. The minimum Gasteiger partial charge on any atom is -0.507 e. The molecule has 8 aromatic carbocycles. The monoisotopic (exact) mass is 938 g/mol. The number of carboxylic acids is 2. The van der Waals surface area contributed by atoms with Gasteiger partial charge < -0.3 is 20.4 Å². The molecule has 8 rings (SSSR count). The second-order valence-corrected chi connectivity index (χ2v) is 17.6. The first kappa shape index (κ1) is 49.6. The lowest BCUT2D eigenvalue weighted by atomic mass is 10.1. The molecule has 0 atom stereocenters. The Morgan fingerprint density at radius 1 is 0.333 bits per heavy atom. The number of benzene rings is 8. The molecular formula is C52H40F6O6S2+2. The van der Waals surface area contributed by atoms with Crippen LogP contribution in [-0.2, 0) is 34.1 Å². The summed E-state index contributed by atoms with van der Waals surface area (Å²) in [6, 6.07) is 67.7. The molecule has 0 heterocycles. The number of aromatic hydroxyl groups is 2. The Hall–Kier alpha value is -7.42. The molecule has 8 aromatic rings. The number of carbonyl (C=O) groups is 2. The number of carboxylic acid groups (broad SMARTS) is 2. The summed E-state index contributed by atoms with van der Waals surface area (Å²) >= 11 is 0. The first-order valence-corrected chi connectivity index (χ1v) is 22.1. The van der Waals surface area contributed by atoms with Crippen LogP contribution >= 0.6 is 0 Å². The Morgan fingerprint density at radius 3 is 0.833 bits per heavy atom. The van der Waals surface area contributed by atoms with Crippen LogP contribution in [0.3, 0.4) is 0 Å². The molecule has 0 fully saturated rings. The third-order valence-corrected chi connectivity index (χ3v) is 13.4. The van der Waals surface area contributed by atoms with Gasteiger partial charge in [-0.25, -0.2) is 9.59 Å². The summed E-state index contributed by atoms with van der Waals surface area (Å²) in [7, 11) is -0.0293. The van der Waals surface area contributed by atoms with Crippen molar-refractivity contribution in [3.8, 4) is 11.5 Å². The van der Waals surface area contributed by atoms with Gasteiger partial charge in [-0.3, -0.25) is 0 Å². The van der Waals surface area contributed by atoms with E-state index < -0.39 is 58.0 Å². The molecule has 0 aliphatic carbocycles. The van der Waals surface area contributed by atoms with Crippen molar-refractivity contribution in [1.82, 2.24) is 0 Å². The number of halogens is 6. The van der Waals surface area contributed by atoms with Crippen molar-refractivity contribution in [3.63, 3.8) is 0 Å². The van der Waals surface area contributed by atoms with Crippen molar-refractivity contribution in [2.75, 3.05) is 0 Å². The van der Waals surface area contributed by atoms with E-state index in [1.165, 1.54) is 29.4 Å². The van der Waals surface area contributed by atoms with Gasteiger partial charge in [0.05, 0.1) is 32.9 Å². The lowest BCUT2D eigenvalue weighted by molar-refractivity contribution is -0.138. The normalized spacial score (nSPS) is 10.9. The van der Waals surface area contributed by atoms with Gasteiger partial charge in [0.1, 0.15) is 22.6 Å². The van der Waals surface area contributed by atoms with Gasteiger partial charge in [0.25, 0.3) is 0 Å². The Balaban J connectivity index is 0.000000167. The van der Waals surface area contributed by atoms with Crippen LogP contribution in [0.4, 0.5) is 26.3 Å². The molecule has 6 nitrogen and oxygen atoms in total. The summed E-state index contributed by atoms with van der Waals surface area (Å²) in [6.07, 6.45) is -9.20. The molecule has 0 amide bonds. The smallest absolute Gasteiger partial charge is 0.416 e. The second kappa shape index (κ2) is 23.5. The van der Waals surface area contributed by atoms with Crippen molar-refractivity contribution in [2.24, 2.45) is 0 Å². The fourth-order valence-corrected chi connectivity index (χ4v) is 10.1. The highest BCUT2D eigenvalue weighted by atomic mass is 32.2. The summed E-state index contributed by atoms with van der Waals surface area (Å²) in [4.78, 5) is 28.9. The lowest BCUT2D eigenvalue weighted by Crippen LogP contribution is -2.07. The average molecular weight is 939 g/mol. The van der Waals surface area contributed by atoms with Crippen molar-refractivity contribution >= 4 is 33.7 Å². The van der Waals surface area contributed by atoms with Gasteiger partial charge in [-0.05, 0) is 109 Å². The highest BCUT2D eigenvalue weighted by Gasteiger charge is 2.33. The molecule has 4 N–H and O–H groups in total. The molecule has 0 aromatic heterocycles. The summed E-state index contributed by atoms with van der Waals surface area (Å²) in [5.74, 6) is -4.66. The van der Waals surface area contributed by atoms with Gasteiger partial charge in [0.15, 0.2) is 29.4 Å². The van der Waals surface area contributed by atoms with Crippen LogP contribution in [0.25, 0.3) is 0 Å². The second-order valence-electron chi connectivity index (χ2n) is 13.6.